The number of piperidine rings is 1. The number of rotatable bonds is 2. The minimum absolute atomic E-state index is 0.107. The molecule has 1 atom stereocenters. The Kier molecular flexibility index (Phi) is 3.70. The van der Waals surface area contributed by atoms with Crippen LogP contribution in [0.25, 0.3) is 0 Å². The molecular weight excluding hydrogens is 302 g/mol. The number of aromatic nitrogens is 2. The molecule has 2 N–H and O–H groups in total. The number of methoxy groups -OCH3 is 1. The molecule has 23 heavy (non-hydrogen) atoms. The number of nitrogens with two attached hydrogens (primary N) is 1. The van der Waals surface area contributed by atoms with Crippen molar-refractivity contribution in [2.24, 2.45) is 0 Å². The van der Waals surface area contributed by atoms with Gasteiger partial charge in [0.05, 0.1) is 20.2 Å². The van der Waals surface area contributed by atoms with Gasteiger partial charge < -0.3 is 25.0 Å². The molecule has 2 aliphatic rings. The summed E-state index contributed by atoms with van der Waals surface area (Å²) >= 11 is 0. The Morgan fingerprint density at radius 1 is 1.43 bits per heavy atom. The highest BCUT2D eigenvalue weighted by atomic mass is 16.6. The van der Waals surface area contributed by atoms with Crippen LogP contribution < -0.4 is 10.6 Å². The smallest absolute Gasteiger partial charge is 0.410 e. The maximum Gasteiger partial charge on any atom is 0.410 e. The summed E-state index contributed by atoms with van der Waals surface area (Å²) in [6.07, 6.45) is 1.29. The molecule has 2 aliphatic heterocycles. The van der Waals surface area contributed by atoms with E-state index in [0.29, 0.717) is 25.6 Å². The second-order valence-electron chi connectivity index (χ2n) is 5.90. The van der Waals surface area contributed by atoms with Crippen molar-refractivity contribution in [1.29, 1.82) is 0 Å². The molecule has 0 bridgehead atoms. The van der Waals surface area contributed by atoms with Crippen molar-refractivity contribution in [3.63, 3.8) is 0 Å². The van der Waals surface area contributed by atoms with Crippen LogP contribution in [0.1, 0.15) is 23.3 Å². The molecule has 1 spiro atoms. The van der Waals surface area contributed by atoms with E-state index >= 15 is 0 Å². The lowest BCUT2D eigenvalue weighted by Crippen LogP contribution is -2.51. The molecule has 2 fully saturated rings. The number of carbonyl (C=O) groups is 2. The van der Waals surface area contributed by atoms with Crippen LogP contribution in [0.2, 0.25) is 0 Å². The molecule has 0 aliphatic carbocycles. The summed E-state index contributed by atoms with van der Waals surface area (Å²) in [5.74, 6) is -0.0373. The summed E-state index contributed by atoms with van der Waals surface area (Å²) in [6, 6.07) is 1.37. The van der Waals surface area contributed by atoms with E-state index in [1.165, 1.54) is 13.2 Å². The number of anilines is 2. The van der Waals surface area contributed by atoms with Crippen LogP contribution in [0.15, 0.2) is 6.07 Å². The van der Waals surface area contributed by atoms with Gasteiger partial charge in [-0.15, -0.1) is 0 Å². The molecule has 0 saturated carbocycles. The van der Waals surface area contributed by atoms with Crippen molar-refractivity contribution in [3.8, 4) is 0 Å². The van der Waals surface area contributed by atoms with Gasteiger partial charge in [0, 0.05) is 19.7 Å². The molecule has 1 aromatic heterocycles. The second-order valence-corrected chi connectivity index (χ2v) is 5.90. The van der Waals surface area contributed by atoms with E-state index in [2.05, 4.69) is 14.7 Å². The maximum absolute atomic E-state index is 11.7. The topological polar surface area (TPSA) is 111 Å². The summed E-state index contributed by atoms with van der Waals surface area (Å²) in [6.45, 7) is 1.69. The third kappa shape index (κ3) is 2.86. The van der Waals surface area contributed by atoms with Gasteiger partial charge in [0.15, 0.2) is 5.69 Å². The number of carbonyl (C=O) groups excluding carboxylic acids is 2. The fourth-order valence-electron chi connectivity index (χ4n) is 3.08. The highest BCUT2D eigenvalue weighted by Crippen LogP contribution is 2.32. The molecule has 3 heterocycles. The average molecular weight is 321 g/mol. The molecule has 0 aromatic carbocycles. The molecular formula is C14H19N5O4. The predicted octanol–water partition coefficient (Wildman–Crippen LogP) is 0.266. The van der Waals surface area contributed by atoms with Gasteiger partial charge in [-0.2, -0.15) is 4.98 Å². The third-order valence-corrected chi connectivity index (χ3v) is 4.09. The van der Waals surface area contributed by atoms with Crippen molar-refractivity contribution in [1.82, 2.24) is 14.9 Å². The van der Waals surface area contributed by atoms with E-state index in [0.717, 1.165) is 12.8 Å². The van der Waals surface area contributed by atoms with E-state index in [4.69, 9.17) is 10.5 Å². The summed E-state index contributed by atoms with van der Waals surface area (Å²) in [5.41, 5.74) is 5.31. The van der Waals surface area contributed by atoms with Gasteiger partial charge in [-0.3, -0.25) is 0 Å². The Morgan fingerprint density at radius 3 is 2.87 bits per heavy atom. The van der Waals surface area contributed by atoms with Crippen LogP contribution in [0.3, 0.4) is 0 Å². The van der Waals surface area contributed by atoms with E-state index in [-0.39, 0.29) is 17.6 Å². The number of hydrogen-bond donors (Lipinski definition) is 1. The molecule has 1 amide bonds. The maximum atomic E-state index is 11.7. The summed E-state index contributed by atoms with van der Waals surface area (Å²) < 4.78 is 10.2. The summed E-state index contributed by atoms with van der Waals surface area (Å²) in [5, 5.41) is 0. The zero-order chi connectivity index (χ0) is 16.6. The number of hydrogen-bond acceptors (Lipinski definition) is 8. The van der Waals surface area contributed by atoms with Crippen LogP contribution in [0.5, 0.6) is 0 Å². The fraction of sp³-hybridized carbons (Fsp3) is 0.571. The Morgan fingerprint density at radius 2 is 2.22 bits per heavy atom. The van der Waals surface area contributed by atoms with E-state index in [9.17, 15) is 9.59 Å². The van der Waals surface area contributed by atoms with Crippen molar-refractivity contribution in [2.75, 3.05) is 44.4 Å². The molecule has 2 saturated heterocycles. The summed E-state index contributed by atoms with van der Waals surface area (Å²) in [7, 11) is 2.99. The summed E-state index contributed by atoms with van der Waals surface area (Å²) in [4.78, 5) is 35.2. The van der Waals surface area contributed by atoms with Crippen molar-refractivity contribution in [2.45, 2.75) is 18.4 Å². The first kappa shape index (κ1) is 15.3. The Balaban J connectivity index is 1.86. The van der Waals surface area contributed by atoms with Gasteiger partial charge in [-0.25, -0.2) is 14.6 Å². The third-order valence-electron chi connectivity index (χ3n) is 4.09. The molecule has 3 rings (SSSR count). The van der Waals surface area contributed by atoms with E-state index < -0.39 is 11.6 Å². The minimum atomic E-state index is -0.570. The minimum Gasteiger partial charge on any atom is -0.464 e. The highest BCUT2D eigenvalue weighted by Gasteiger charge is 2.47. The van der Waals surface area contributed by atoms with Gasteiger partial charge in [0.1, 0.15) is 11.4 Å². The predicted molar refractivity (Wildman–Crippen MR) is 81.1 cm³/mol. The Hall–Kier alpha value is -2.58. The number of esters is 1. The van der Waals surface area contributed by atoms with E-state index in [1.54, 1.807) is 11.9 Å². The van der Waals surface area contributed by atoms with Gasteiger partial charge in [0.2, 0.25) is 5.95 Å². The first-order valence-corrected chi connectivity index (χ1v) is 7.34. The molecule has 9 heteroatoms. The van der Waals surface area contributed by atoms with E-state index in [1.807, 2.05) is 4.90 Å². The Labute approximate surface area is 133 Å². The van der Waals surface area contributed by atoms with Crippen LogP contribution in [-0.4, -0.2) is 66.3 Å². The monoisotopic (exact) mass is 321 g/mol. The number of amides is 1. The molecule has 1 unspecified atom stereocenters. The first-order chi connectivity index (χ1) is 10.9. The normalized spacial score (nSPS) is 24.0. The Bertz CT molecular complexity index is 652. The number of nitrogens with zero attached hydrogens (tertiary/aromatic N) is 4. The van der Waals surface area contributed by atoms with Crippen LogP contribution in [0.4, 0.5) is 16.6 Å². The second kappa shape index (κ2) is 5.56. The van der Waals surface area contributed by atoms with Crippen molar-refractivity contribution in [3.05, 3.63) is 11.8 Å². The lowest BCUT2D eigenvalue weighted by molar-refractivity contribution is 0.0443. The number of likely N-dealkylation sites (N-methyl/N-ethyl adjacent to an activating group) is 1. The fourth-order valence-corrected chi connectivity index (χ4v) is 3.08. The van der Waals surface area contributed by atoms with Gasteiger partial charge in [-0.1, -0.05) is 0 Å². The van der Waals surface area contributed by atoms with Gasteiger partial charge in [-0.05, 0) is 12.8 Å². The quantitative estimate of drug-likeness (QED) is 0.773. The number of ether oxygens (including phenoxy) is 2. The zero-order valence-corrected chi connectivity index (χ0v) is 13.1. The standard InChI is InChI=1S/C14H19N5O4/c1-18-7-14(23-13(18)21)4-3-5-19(8-14)12-16-9(11(20)22-2)6-10(15)17-12/h6H,3-5,7-8H2,1-2H3,(H2,15,16,17). The van der Waals surface area contributed by atoms with Crippen LogP contribution in [0, 0.1) is 0 Å². The highest BCUT2D eigenvalue weighted by molar-refractivity contribution is 5.88. The SMILES string of the molecule is COC(=O)c1cc(N)nc(N2CCCC3(CN(C)C(=O)O3)C2)n1. The molecule has 1 aromatic rings. The average Bonchev–Trinajstić information content (AvgIpc) is 2.79. The van der Waals surface area contributed by atoms with Crippen LogP contribution in [-0.2, 0) is 9.47 Å². The van der Waals surface area contributed by atoms with Gasteiger partial charge >= 0.3 is 12.1 Å². The lowest BCUT2D eigenvalue weighted by atomic mass is 9.93. The lowest BCUT2D eigenvalue weighted by Gasteiger charge is -2.38. The molecule has 0 radical (unpaired) electrons. The van der Waals surface area contributed by atoms with Crippen molar-refractivity contribution >= 4 is 23.8 Å². The van der Waals surface area contributed by atoms with Crippen LogP contribution >= 0.6 is 0 Å². The molecule has 9 nitrogen and oxygen atoms in total. The molecule has 124 valence electrons. The van der Waals surface area contributed by atoms with Gasteiger partial charge in [0.25, 0.3) is 0 Å². The first-order valence-electron chi connectivity index (χ1n) is 7.34. The largest absolute Gasteiger partial charge is 0.464 e. The number of nitrogen functional groups attached to an aromatic ring is 1. The van der Waals surface area contributed by atoms with Crippen molar-refractivity contribution < 1.29 is 19.1 Å². The zero-order valence-electron chi connectivity index (χ0n) is 13.1.